The first kappa shape index (κ1) is 16.9. The standard InChI is InChI=1S/C17H27N3O2S/c1-22-12-17(7-9-18-10-8-17)20-15(21)14-11-23-16(19-14)13-5-3-2-4-6-13/h11,13,18H,2-10,12H2,1H3,(H,20,21). The molecule has 1 aliphatic carbocycles. The molecule has 6 heteroatoms. The molecule has 3 rings (SSSR count). The van der Waals surface area contributed by atoms with Gasteiger partial charge in [0.15, 0.2) is 0 Å². The summed E-state index contributed by atoms with van der Waals surface area (Å²) < 4.78 is 5.36. The van der Waals surface area contributed by atoms with Gasteiger partial charge in [-0.2, -0.15) is 0 Å². The van der Waals surface area contributed by atoms with E-state index in [-0.39, 0.29) is 11.4 Å². The summed E-state index contributed by atoms with van der Waals surface area (Å²) in [5.74, 6) is 0.504. The number of methoxy groups -OCH3 is 1. The van der Waals surface area contributed by atoms with Crippen LogP contribution in [0.4, 0.5) is 0 Å². The van der Waals surface area contributed by atoms with Gasteiger partial charge in [-0.05, 0) is 38.8 Å². The molecule has 2 heterocycles. The molecular weight excluding hydrogens is 310 g/mol. The quantitative estimate of drug-likeness (QED) is 0.867. The fraction of sp³-hybridized carbons (Fsp3) is 0.765. The van der Waals surface area contributed by atoms with Gasteiger partial charge in [0.25, 0.3) is 5.91 Å². The van der Waals surface area contributed by atoms with Gasteiger partial charge in [0, 0.05) is 18.4 Å². The molecule has 1 saturated heterocycles. The molecule has 1 aromatic heterocycles. The van der Waals surface area contributed by atoms with E-state index in [0.717, 1.165) is 30.9 Å². The second-order valence-corrected chi connectivity index (χ2v) is 7.71. The van der Waals surface area contributed by atoms with Crippen LogP contribution in [0, 0.1) is 0 Å². The highest BCUT2D eigenvalue weighted by molar-refractivity contribution is 7.09. The molecule has 128 valence electrons. The van der Waals surface area contributed by atoms with E-state index in [0.29, 0.717) is 18.2 Å². The maximum Gasteiger partial charge on any atom is 0.271 e. The maximum atomic E-state index is 12.6. The lowest BCUT2D eigenvalue weighted by Gasteiger charge is -2.37. The van der Waals surface area contributed by atoms with E-state index in [4.69, 9.17) is 4.74 Å². The molecule has 1 aliphatic heterocycles. The molecule has 0 unspecified atom stereocenters. The van der Waals surface area contributed by atoms with Gasteiger partial charge in [-0.1, -0.05) is 19.3 Å². The first-order valence-electron chi connectivity index (χ1n) is 8.70. The van der Waals surface area contributed by atoms with Gasteiger partial charge in [0.05, 0.1) is 17.2 Å². The van der Waals surface area contributed by atoms with Gasteiger partial charge in [-0.3, -0.25) is 4.79 Å². The van der Waals surface area contributed by atoms with Gasteiger partial charge in [-0.25, -0.2) is 4.98 Å². The summed E-state index contributed by atoms with van der Waals surface area (Å²) in [6.45, 7) is 2.38. The highest BCUT2D eigenvalue weighted by Gasteiger charge is 2.34. The molecule has 0 atom stereocenters. The third kappa shape index (κ3) is 4.11. The van der Waals surface area contributed by atoms with Crippen LogP contribution >= 0.6 is 11.3 Å². The number of nitrogens with zero attached hydrogens (tertiary/aromatic N) is 1. The minimum absolute atomic E-state index is 0.0535. The normalized spacial score (nSPS) is 22.0. The number of piperidine rings is 1. The van der Waals surface area contributed by atoms with Crippen LogP contribution in [-0.2, 0) is 4.74 Å². The van der Waals surface area contributed by atoms with Gasteiger partial charge >= 0.3 is 0 Å². The van der Waals surface area contributed by atoms with Crippen LogP contribution in [0.5, 0.6) is 0 Å². The number of carbonyl (C=O) groups is 1. The summed E-state index contributed by atoms with van der Waals surface area (Å²) in [6.07, 6.45) is 8.13. The second kappa shape index (κ2) is 7.73. The highest BCUT2D eigenvalue weighted by Crippen LogP contribution is 2.34. The Kier molecular flexibility index (Phi) is 5.67. The third-order valence-electron chi connectivity index (χ3n) is 5.07. The molecule has 0 bridgehead atoms. The van der Waals surface area contributed by atoms with Crippen LogP contribution in [0.3, 0.4) is 0 Å². The lowest BCUT2D eigenvalue weighted by atomic mass is 9.89. The molecule has 2 N–H and O–H groups in total. The fourth-order valence-corrected chi connectivity index (χ4v) is 4.69. The number of amides is 1. The van der Waals surface area contributed by atoms with Crippen molar-refractivity contribution in [3.63, 3.8) is 0 Å². The Bertz CT molecular complexity index is 514. The fourth-order valence-electron chi connectivity index (χ4n) is 3.72. The van der Waals surface area contributed by atoms with Gasteiger partial charge in [0.2, 0.25) is 0 Å². The Labute approximate surface area is 142 Å². The van der Waals surface area contributed by atoms with E-state index >= 15 is 0 Å². The van der Waals surface area contributed by atoms with Crippen molar-refractivity contribution in [3.05, 3.63) is 16.1 Å². The molecule has 5 nitrogen and oxygen atoms in total. The summed E-state index contributed by atoms with van der Waals surface area (Å²) in [5, 5.41) is 9.60. The average molecular weight is 337 g/mol. The van der Waals surface area contributed by atoms with Crippen molar-refractivity contribution < 1.29 is 9.53 Å². The Morgan fingerprint density at radius 3 is 2.83 bits per heavy atom. The molecule has 1 amide bonds. The van der Waals surface area contributed by atoms with E-state index in [1.54, 1.807) is 18.4 Å². The molecule has 0 aromatic carbocycles. The summed E-state index contributed by atoms with van der Waals surface area (Å²) in [6, 6.07) is 0. The predicted octanol–water partition coefficient (Wildman–Crippen LogP) is 2.69. The molecule has 2 fully saturated rings. The van der Waals surface area contributed by atoms with Crippen molar-refractivity contribution in [1.29, 1.82) is 0 Å². The summed E-state index contributed by atoms with van der Waals surface area (Å²) in [7, 11) is 1.69. The van der Waals surface area contributed by atoms with Crippen molar-refractivity contribution in [2.24, 2.45) is 0 Å². The number of aromatic nitrogens is 1. The number of ether oxygens (including phenoxy) is 1. The van der Waals surface area contributed by atoms with Crippen molar-refractivity contribution in [3.8, 4) is 0 Å². The zero-order valence-electron chi connectivity index (χ0n) is 13.9. The monoisotopic (exact) mass is 337 g/mol. The number of carbonyl (C=O) groups excluding carboxylic acids is 1. The molecule has 0 radical (unpaired) electrons. The van der Waals surface area contributed by atoms with E-state index in [9.17, 15) is 4.79 Å². The van der Waals surface area contributed by atoms with E-state index < -0.39 is 0 Å². The van der Waals surface area contributed by atoms with Crippen LogP contribution in [0.25, 0.3) is 0 Å². The average Bonchev–Trinajstić information content (AvgIpc) is 3.07. The highest BCUT2D eigenvalue weighted by atomic mass is 32.1. The summed E-state index contributed by atoms with van der Waals surface area (Å²) >= 11 is 1.64. The molecule has 1 saturated carbocycles. The Morgan fingerprint density at radius 1 is 1.39 bits per heavy atom. The Morgan fingerprint density at radius 2 is 2.13 bits per heavy atom. The van der Waals surface area contributed by atoms with Crippen LogP contribution < -0.4 is 10.6 Å². The molecule has 1 aromatic rings. The number of nitrogens with one attached hydrogen (secondary N) is 2. The lowest BCUT2D eigenvalue weighted by Crippen LogP contribution is -2.57. The largest absolute Gasteiger partial charge is 0.382 e. The summed E-state index contributed by atoms with van der Waals surface area (Å²) in [5.41, 5.74) is 0.315. The minimum atomic E-state index is -0.258. The predicted molar refractivity (Wildman–Crippen MR) is 92.1 cm³/mol. The van der Waals surface area contributed by atoms with Gasteiger partial charge < -0.3 is 15.4 Å². The van der Waals surface area contributed by atoms with E-state index in [1.165, 1.54) is 32.1 Å². The van der Waals surface area contributed by atoms with Gasteiger partial charge in [0.1, 0.15) is 5.69 Å². The van der Waals surface area contributed by atoms with Gasteiger partial charge in [-0.15, -0.1) is 11.3 Å². The van der Waals surface area contributed by atoms with Crippen molar-refractivity contribution >= 4 is 17.2 Å². The lowest BCUT2D eigenvalue weighted by molar-refractivity contribution is 0.0659. The Hall–Kier alpha value is -0.980. The SMILES string of the molecule is COCC1(NC(=O)c2csc(C3CCCCC3)n2)CCNCC1. The smallest absolute Gasteiger partial charge is 0.271 e. The molecule has 0 spiro atoms. The third-order valence-corrected chi connectivity index (χ3v) is 6.08. The first-order valence-corrected chi connectivity index (χ1v) is 9.58. The molecular formula is C17H27N3O2S. The minimum Gasteiger partial charge on any atom is -0.382 e. The topological polar surface area (TPSA) is 63.2 Å². The van der Waals surface area contributed by atoms with Crippen molar-refractivity contribution in [2.45, 2.75) is 56.4 Å². The van der Waals surface area contributed by atoms with Crippen LogP contribution in [0.1, 0.15) is 66.4 Å². The number of rotatable bonds is 5. The number of hydrogen-bond acceptors (Lipinski definition) is 5. The summed E-state index contributed by atoms with van der Waals surface area (Å²) in [4.78, 5) is 17.3. The number of thiazole rings is 1. The van der Waals surface area contributed by atoms with Crippen molar-refractivity contribution in [2.75, 3.05) is 26.8 Å². The zero-order valence-corrected chi connectivity index (χ0v) is 14.7. The molecule has 23 heavy (non-hydrogen) atoms. The Balaban J connectivity index is 1.66. The van der Waals surface area contributed by atoms with E-state index in [2.05, 4.69) is 15.6 Å². The maximum absolute atomic E-state index is 12.6. The van der Waals surface area contributed by atoms with E-state index in [1.807, 2.05) is 5.38 Å². The van der Waals surface area contributed by atoms with Crippen LogP contribution in [-0.4, -0.2) is 43.2 Å². The van der Waals surface area contributed by atoms with Crippen LogP contribution in [0.15, 0.2) is 5.38 Å². The van der Waals surface area contributed by atoms with Crippen LogP contribution in [0.2, 0.25) is 0 Å². The first-order chi connectivity index (χ1) is 11.2. The molecule has 2 aliphatic rings. The number of hydrogen-bond donors (Lipinski definition) is 2. The second-order valence-electron chi connectivity index (χ2n) is 6.82. The zero-order chi connectivity index (χ0) is 16.1. The van der Waals surface area contributed by atoms with Crippen molar-refractivity contribution in [1.82, 2.24) is 15.6 Å².